The van der Waals surface area contributed by atoms with Gasteiger partial charge in [-0.25, -0.2) is 0 Å². The Balaban J connectivity index is 2.51. The summed E-state index contributed by atoms with van der Waals surface area (Å²) in [5, 5.41) is 0. The van der Waals surface area contributed by atoms with Gasteiger partial charge in [0.2, 0.25) is 0 Å². The number of rotatable bonds is 3. The summed E-state index contributed by atoms with van der Waals surface area (Å²) in [5.41, 5.74) is -0.929. The van der Waals surface area contributed by atoms with E-state index in [4.69, 9.17) is 0 Å². The van der Waals surface area contributed by atoms with E-state index in [-0.39, 0.29) is 11.1 Å². The first-order valence-corrected chi connectivity index (χ1v) is 7.71. The average Bonchev–Trinajstić information content (AvgIpc) is 2.43. The Morgan fingerprint density at radius 2 is 1.50 bits per heavy atom. The van der Waals surface area contributed by atoms with Crippen molar-refractivity contribution < 1.29 is 18.0 Å². The third kappa shape index (κ3) is 4.30. The van der Waals surface area contributed by atoms with Gasteiger partial charge in [0.15, 0.2) is 5.78 Å². The molecule has 22 heavy (non-hydrogen) atoms. The average molecular weight is 434 g/mol. The standard InChI is InChI=1S/C16H9Br2F3O/c17-12-6-10(7-13(18)9-12)8-14(16(19,20)21)15(22)11-4-2-1-3-5-11/h1-9H/b14-8+. The zero-order valence-electron chi connectivity index (χ0n) is 11.0. The summed E-state index contributed by atoms with van der Waals surface area (Å²) in [6.07, 6.45) is -3.88. The van der Waals surface area contributed by atoms with Gasteiger partial charge in [-0.05, 0) is 29.8 Å². The van der Waals surface area contributed by atoms with E-state index in [0.29, 0.717) is 8.95 Å². The predicted octanol–water partition coefficient (Wildman–Crippen LogP) is 6.04. The van der Waals surface area contributed by atoms with Gasteiger partial charge in [-0.2, -0.15) is 13.2 Å². The van der Waals surface area contributed by atoms with E-state index in [2.05, 4.69) is 31.9 Å². The van der Waals surface area contributed by atoms with Crippen molar-refractivity contribution in [1.29, 1.82) is 0 Å². The highest BCUT2D eigenvalue weighted by Gasteiger charge is 2.38. The van der Waals surface area contributed by atoms with Crippen LogP contribution in [-0.4, -0.2) is 12.0 Å². The highest BCUT2D eigenvalue weighted by molar-refractivity contribution is 9.11. The summed E-state index contributed by atoms with van der Waals surface area (Å²) in [7, 11) is 0. The molecule has 0 spiro atoms. The van der Waals surface area contributed by atoms with Crippen molar-refractivity contribution in [3.8, 4) is 0 Å². The van der Waals surface area contributed by atoms with Crippen LogP contribution in [0.4, 0.5) is 13.2 Å². The van der Waals surface area contributed by atoms with E-state index in [1.165, 1.54) is 36.4 Å². The van der Waals surface area contributed by atoms with Gasteiger partial charge in [0, 0.05) is 14.5 Å². The number of allylic oxidation sites excluding steroid dienone is 1. The number of hydrogen-bond acceptors (Lipinski definition) is 1. The van der Waals surface area contributed by atoms with E-state index in [0.717, 1.165) is 6.08 Å². The number of ketones is 1. The minimum absolute atomic E-state index is 0.000127. The van der Waals surface area contributed by atoms with Crippen molar-refractivity contribution >= 4 is 43.7 Å². The summed E-state index contributed by atoms with van der Waals surface area (Å²) in [6, 6.07) is 12.1. The molecule has 2 rings (SSSR count). The van der Waals surface area contributed by atoms with E-state index in [1.807, 2.05) is 0 Å². The first-order valence-electron chi connectivity index (χ1n) is 6.12. The lowest BCUT2D eigenvalue weighted by Crippen LogP contribution is -2.20. The topological polar surface area (TPSA) is 17.1 Å². The number of halogens is 5. The molecule has 0 saturated heterocycles. The zero-order chi connectivity index (χ0) is 16.3. The molecule has 114 valence electrons. The molecule has 0 amide bonds. The van der Waals surface area contributed by atoms with Gasteiger partial charge in [0.05, 0.1) is 0 Å². The van der Waals surface area contributed by atoms with Crippen molar-refractivity contribution in [3.05, 3.63) is 74.2 Å². The van der Waals surface area contributed by atoms with Crippen LogP contribution in [0, 0.1) is 0 Å². The van der Waals surface area contributed by atoms with E-state index < -0.39 is 17.5 Å². The summed E-state index contributed by atoms with van der Waals surface area (Å²) >= 11 is 6.42. The fraction of sp³-hybridized carbons (Fsp3) is 0.0625. The van der Waals surface area contributed by atoms with E-state index >= 15 is 0 Å². The van der Waals surface area contributed by atoms with Crippen LogP contribution < -0.4 is 0 Å². The Bertz CT molecular complexity index is 702. The van der Waals surface area contributed by atoms with Crippen LogP contribution in [-0.2, 0) is 0 Å². The molecule has 0 fully saturated rings. The van der Waals surface area contributed by atoms with Gasteiger partial charge in [0.1, 0.15) is 5.57 Å². The molecule has 0 saturated carbocycles. The normalized spacial score (nSPS) is 12.3. The van der Waals surface area contributed by atoms with Gasteiger partial charge in [-0.1, -0.05) is 62.2 Å². The summed E-state index contributed by atoms with van der Waals surface area (Å²) in [5.74, 6) is -1.05. The summed E-state index contributed by atoms with van der Waals surface area (Å²) < 4.78 is 40.9. The first-order chi connectivity index (χ1) is 10.3. The lowest BCUT2D eigenvalue weighted by Gasteiger charge is -2.11. The number of carbonyl (C=O) groups excluding carboxylic acids is 1. The minimum atomic E-state index is -4.73. The second-order valence-electron chi connectivity index (χ2n) is 4.45. The maximum Gasteiger partial charge on any atom is 0.420 e. The second-order valence-corrected chi connectivity index (χ2v) is 6.29. The molecule has 0 aliphatic rings. The lowest BCUT2D eigenvalue weighted by atomic mass is 10.0. The minimum Gasteiger partial charge on any atom is -0.289 e. The molecule has 0 unspecified atom stereocenters. The van der Waals surface area contributed by atoms with E-state index in [9.17, 15) is 18.0 Å². The van der Waals surface area contributed by atoms with Gasteiger partial charge >= 0.3 is 6.18 Å². The molecule has 6 heteroatoms. The van der Waals surface area contributed by atoms with Crippen molar-refractivity contribution in [2.45, 2.75) is 6.18 Å². The fourth-order valence-electron chi connectivity index (χ4n) is 1.85. The van der Waals surface area contributed by atoms with Crippen molar-refractivity contribution in [1.82, 2.24) is 0 Å². The molecule has 0 aliphatic heterocycles. The molecule has 0 heterocycles. The van der Waals surface area contributed by atoms with Crippen LogP contribution in [0.25, 0.3) is 6.08 Å². The number of carbonyl (C=O) groups is 1. The van der Waals surface area contributed by atoms with Gasteiger partial charge < -0.3 is 0 Å². The Hall–Kier alpha value is -1.40. The largest absolute Gasteiger partial charge is 0.420 e. The Labute approximate surface area is 142 Å². The Morgan fingerprint density at radius 3 is 2.00 bits per heavy atom. The molecule has 0 aromatic heterocycles. The van der Waals surface area contributed by atoms with Crippen LogP contribution in [0.3, 0.4) is 0 Å². The fourth-order valence-corrected chi connectivity index (χ4v) is 3.18. The molecule has 0 bridgehead atoms. The van der Waals surface area contributed by atoms with Crippen LogP contribution >= 0.6 is 31.9 Å². The number of alkyl halides is 3. The number of hydrogen-bond donors (Lipinski definition) is 0. The Kier molecular flexibility index (Phi) is 5.24. The first kappa shape index (κ1) is 17.0. The third-order valence-corrected chi connectivity index (χ3v) is 3.70. The highest BCUT2D eigenvalue weighted by atomic mass is 79.9. The molecule has 0 atom stereocenters. The third-order valence-electron chi connectivity index (χ3n) is 2.78. The molecular weight excluding hydrogens is 425 g/mol. The zero-order valence-corrected chi connectivity index (χ0v) is 14.2. The van der Waals surface area contributed by atoms with Crippen molar-refractivity contribution in [2.75, 3.05) is 0 Å². The summed E-state index contributed by atoms with van der Waals surface area (Å²) in [4.78, 5) is 12.2. The van der Waals surface area contributed by atoms with Gasteiger partial charge in [-0.3, -0.25) is 4.79 Å². The lowest BCUT2D eigenvalue weighted by molar-refractivity contribution is -0.0878. The van der Waals surface area contributed by atoms with Crippen LogP contribution in [0.5, 0.6) is 0 Å². The second kappa shape index (κ2) is 6.79. The van der Waals surface area contributed by atoms with Crippen molar-refractivity contribution in [2.24, 2.45) is 0 Å². The van der Waals surface area contributed by atoms with Crippen LogP contribution in [0.15, 0.2) is 63.0 Å². The quantitative estimate of drug-likeness (QED) is 0.426. The SMILES string of the molecule is O=C(/C(=C\c1cc(Br)cc(Br)c1)C(F)(F)F)c1ccccc1. The molecule has 1 nitrogen and oxygen atoms in total. The molecular formula is C16H9Br2F3O. The molecule has 2 aromatic carbocycles. The number of Topliss-reactive ketones (excluding diaryl/α,β-unsaturated/α-hetero) is 1. The molecule has 2 aromatic rings. The monoisotopic (exact) mass is 432 g/mol. The van der Waals surface area contributed by atoms with E-state index in [1.54, 1.807) is 12.1 Å². The molecule has 0 N–H and O–H groups in total. The maximum absolute atomic E-state index is 13.2. The van der Waals surface area contributed by atoms with Crippen molar-refractivity contribution in [3.63, 3.8) is 0 Å². The van der Waals surface area contributed by atoms with Gasteiger partial charge in [0.25, 0.3) is 0 Å². The van der Waals surface area contributed by atoms with Gasteiger partial charge in [-0.15, -0.1) is 0 Å². The van der Waals surface area contributed by atoms with Crippen LogP contribution in [0.1, 0.15) is 15.9 Å². The summed E-state index contributed by atoms with van der Waals surface area (Å²) in [6.45, 7) is 0. The molecule has 0 radical (unpaired) electrons. The predicted molar refractivity (Wildman–Crippen MR) is 86.6 cm³/mol. The smallest absolute Gasteiger partial charge is 0.289 e. The number of benzene rings is 2. The Morgan fingerprint density at radius 1 is 0.955 bits per heavy atom. The maximum atomic E-state index is 13.2. The molecule has 0 aliphatic carbocycles. The van der Waals surface area contributed by atoms with Crippen LogP contribution in [0.2, 0.25) is 0 Å². The highest BCUT2D eigenvalue weighted by Crippen LogP contribution is 2.31.